The molecule has 6 heteroatoms. The zero-order valence-corrected chi connectivity index (χ0v) is 14.1. The van der Waals surface area contributed by atoms with Gasteiger partial charge >= 0.3 is 0 Å². The monoisotopic (exact) mass is 336 g/mol. The van der Waals surface area contributed by atoms with E-state index in [1.54, 1.807) is 6.07 Å². The van der Waals surface area contributed by atoms with Crippen LogP contribution in [0.1, 0.15) is 12.8 Å². The molecule has 1 aromatic carbocycles. The molecular weight excluding hydrogens is 308 g/mol. The fourth-order valence-electron chi connectivity index (χ4n) is 3.36. The molecule has 0 radical (unpaired) electrons. The molecule has 2 aliphatic heterocycles. The van der Waals surface area contributed by atoms with Crippen LogP contribution in [0.4, 0.5) is 5.69 Å². The lowest BCUT2D eigenvalue weighted by Gasteiger charge is -2.37. The number of rotatable bonds is 7. The fraction of sp³-hybridized carbons (Fsp3) is 0.667. The minimum atomic E-state index is -0.469. The van der Waals surface area contributed by atoms with Crippen LogP contribution >= 0.6 is 0 Å². The molecule has 2 aliphatic rings. The molecule has 3 rings (SSSR count). The number of benzene rings is 1. The fourth-order valence-corrected chi connectivity index (χ4v) is 3.36. The van der Waals surface area contributed by atoms with E-state index in [2.05, 4.69) is 9.80 Å². The molecule has 2 N–H and O–H groups in total. The first kappa shape index (κ1) is 17.5. The molecule has 134 valence electrons. The van der Waals surface area contributed by atoms with E-state index < -0.39 is 6.10 Å². The summed E-state index contributed by atoms with van der Waals surface area (Å²) in [6, 6.07) is 7.44. The number of aromatic hydroxyl groups is 1. The number of ether oxygens (including phenoxy) is 2. The summed E-state index contributed by atoms with van der Waals surface area (Å²) in [6.45, 7) is 5.84. The number of aliphatic hydroxyl groups excluding tert-OH is 1. The van der Waals surface area contributed by atoms with Gasteiger partial charge in [0.15, 0.2) is 0 Å². The molecule has 2 saturated heterocycles. The van der Waals surface area contributed by atoms with Crippen molar-refractivity contribution in [3.8, 4) is 5.75 Å². The lowest BCUT2D eigenvalue weighted by atomic mass is 10.2. The van der Waals surface area contributed by atoms with Crippen LogP contribution < -0.4 is 4.90 Å². The van der Waals surface area contributed by atoms with Gasteiger partial charge in [0, 0.05) is 39.3 Å². The van der Waals surface area contributed by atoms with Crippen LogP contribution in [0.2, 0.25) is 0 Å². The Morgan fingerprint density at radius 1 is 1.21 bits per heavy atom. The Hall–Kier alpha value is -1.34. The summed E-state index contributed by atoms with van der Waals surface area (Å²) in [5.41, 5.74) is 0.887. The summed E-state index contributed by atoms with van der Waals surface area (Å²) in [6.07, 6.45) is 1.91. The van der Waals surface area contributed by atoms with E-state index in [1.807, 2.05) is 18.2 Å². The number of aliphatic hydroxyl groups is 1. The van der Waals surface area contributed by atoms with Gasteiger partial charge in [-0.05, 0) is 25.0 Å². The van der Waals surface area contributed by atoms with Crippen LogP contribution in [0.25, 0.3) is 0 Å². The molecule has 2 atom stereocenters. The van der Waals surface area contributed by atoms with Crippen molar-refractivity contribution >= 4 is 5.69 Å². The number of piperazine rings is 1. The van der Waals surface area contributed by atoms with Crippen LogP contribution in [0.5, 0.6) is 5.75 Å². The van der Waals surface area contributed by atoms with E-state index in [1.165, 1.54) is 0 Å². The van der Waals surface area contributed by atoms with Crippen LogP contribution in [-0.2, 0) is 9.47 Å². The van der Waals surface area contributed by atoms with Crippen molar-refractivity contribution in [3.05, 3.63) is 24.3 Å². The second-order valence-electron chi connectivity index (χ2n) is 6.60. The standard InChI is InChI=1S/C18H28N2O4/c21-15(13-23-14-16-4-3-11-24-16)12-19-7-9-20(10-8-19)17-5-1-2-6-18(17)22/h1-2,5-6,15-16,21-22H,3-4,7-14H2/t15-,16-/m0/s1. The summed E-state index contributed by atoms with van der Waals surface area (Å²) in [4.78, 5) is 4.43. The number of hydrogen-bond acceptors (Lipinski definition) is 6. The maximum atomic E-state index is 10.1. The average molecular weight is 336 g/mol. The molecule has 0 aliphatic carbocycles. The molecule has 0 bridgehead atoms. The second-order valence-corrected chi connectivity index (χ2v) is 6.60. The van der Waals surface area contributed by atoms with Crippen LogP contribution in [-0.4, -0.2) is 79.9 Å². The molecule has 0 aromatic heterocycles. The smallest absolute Gasteiger partial charge is 0.138 e. The highest BCUT2D eigenvalue weighted by Gasteiger charge is 2.21. The second kappa shape index (κ2) is 8.67. The van der Waals surface area contributed by atoms with Crippen LogP contribution in [0.3, 0.4) is 0 Å². The third-order valence-electron chi connectivity index (χ3n) is 4.70. The predicted octanol–water partition coefficient (Wildman–Crippen LogP) is 1.07. The van der Waals surface area contributed by atoms with Crippen molar-refractivity contribution in [2.75, 3.05) is 57.4 Å². The first-order valence-corrected chi connectivity index (χ1v) is 8.85. The predicted molar refractivity (Wildman–Crippen MR) is 92.6 cm³/mol. The van der Waals surface area contributed by atoms with Gasteiger partial charge in [0.05, 0.1) is 31.1 Å². The molecular formula is C18H28N2O4. The Morgan fingerprint density at radius 2 is 2.00 bits per heavy atom. The highest BCUT2D eigenvalue weighted by Crippen LogP contribution is 2.27. The zero-order valence-electron chi connectivity index (χ0n) is 14.1. The van der Waals surface area contributed by atoms with Gasteiger partial charge in [0.2, 0.25) is 0 Å². The first-order valence-electron chi connectivity index (χ1n) is 8.85. The molecule has 2 fully saturated rings. The van der Waals surface area contributed by atoms with E-state index in [0.717, 1.165) is 51.3 Å². The third kappa shape index (κ3) is 4.83. The van der Waals surface area contributed by atoms with Gasteiger partial charge < -0.3 is 24.6 Å². The summed E-state index contributed by atoms with van der Waals surface area (Å²) in [5.74, 6) is 0.327. The lowest BCUT2D eigenvalue weighted by molar-refractivity contribution is -0.0254. The Kier molecular flexibility index (Phi) is 6.31. The van der Waals surface area contributed by atoms with Gasteiger partial charge in [-0.2, -0.15) is 0 Å². The number of nitrogens with zero attached hydrogens (tertiary/aromatic N) is 2. The highest BCUT2D eigenvalue weighted by molar-refractivity contribution is 5.57. The molecule has 1 aromatic rings. The van der Waals surface area contributed by atoms with E-state index in [4.69, 9.17) is 9.47 Å². The van der Waals surface area contributed by atoms with Gasteiger partial charge in [-0.25, -0.2) is 0 Å². The van der Waals surface area contributed by atoms with Gasteiger partial charge in [0.25, 0.3) is 0 Å². The number of para-hydroxylation sites is 2. The molecule has 0 spiro atoms. The van der Waals surface area contributed by atoms with Crippen molar-refractivity contribution in [2.45, 2.75) is 25.0 Å². The quantitative estimate of drug-likeness (QED) is 0.777. The number of phenols is 1. The van der Waals surface area contributed by atoms with Gasteiger partial charge in [-0.1, -0.05) is 12.1 Å². The Balaban J connectivity index is 1.35. The highest BCUT2D eigenvalue weighted by atomic mass is 16.5. The summed E-state index contributed by atoms with van der Waals surface area (Å²) in [7, 11) is 0. The maximum absolute atomic E-state index is 10.1. The zero-order chi connectivity index (χ0) is 16.8. The molecule has 0 amide bonds. The summed E-state index contributed by atoms with van der Waals surface area (Å²) < 4.78 is 11.1. The largest absolute Gasteiger partial charge is 0.506 e. The Labute approximate surface area is 143 Å². The van der Waals surface area contributed by atoms with Crippen molar-refractivity contribution in [3.63, 3.8) is 0 Å². The number of β-amino-alcohol motifs (C(OH)–C–C–N with tert-alkyl or cyclic N) is 1. The summed E-state index contributed by atoms with van der Waals surface area (Å²) >= 11 is 0. The van der Waals surface area contributed by atoms with E-state index in [9.17, 15) is 10.2 Å². The minimum Gasteiger partial charge on any atom is -0.506 e. The van der Waals surface area contributed by atoms with Gasteiger partial charge in [-0.3, -0.25) is 4.90 Å². The number of hydrogen-bond donors (Lipinski definition) is 2. The van der Waals surface area contributed by atoms with E-state index in [0.29, 0.717) is 25.5 Å². The van der Waals surface area contributed by atoms with Crippen LogP contribution in [0, 0.1) is 0 Å². The van der Waals surface area contributed by atoms with Gasteiger partial charge in [-0.15, -0.1) is 0 Å². The normalized spacial score (nSPS) is 23.5. The Bertz CT molecular complexity index is 500. The Morgan fingerprint density at radius 3 is 2.71 bits per heavy atom. The molecule has 2 heterocycles. The van der Waals surface area contributed by atoms with Crippen LogP contribution in [0.15, 0.2) is 24.3 Å². The average Bonchev–Trinajstić information content (AvgIpc) is 3.10. The van der Waals surface area contributed by atoms with Crippen molar-refractivity contribution in [1.82, 2.24) is 4.90 Å². The van der Waals surface area contributed by atoms with Gasteiger partial charge in [0.1, 0.15) is 5.75 Å². The van der Waals surface area contributed by atoms with E-state index >= 15 is 0 Å². The third-order valence-corrected chi connectivity index (χ3v) is 4.70. The first-order chi connectivity index (χ1) is 11.7. The molecule has 0 unspecified atom stereocenters. The minimum absolute atomic E-state index is 0.208. The van der Waals surface area contributed by atoms with Crippen molar-refractivity contribution in [1.29, 1.82) is 0 Å². The lowest BCUT2D eigenvalue weighted by Crippen LogP contribution is -2.49. The molecule has 0 saturated carbocycles. The number of anilines is 1. The maximum Gasteiger partial charge on any atom is 0.138 e. The summed E-state index contributed by atoms with van der Waals surface area (Å²) in [5, 5.41) is 20.1. The van der Waals surface area contributed by atoms with Crippen molar-refractivity contribution in [2.24, 2.45) is 0 Å². The van der Waals surface area contributed by atoms with Crippen molar-refractivity contribution < 1.29 is 19.7 Å². The number of phenolic OH excluding ortho intramolecular Hbond substituents is 1. The molecule has 24 heavy (non-hydrogen) atoms. The van der Waals surface area contributed by atoms with E-state index in [-0.39, 0.29) is 6.10 Å². The molecule has 6 nitrogen and oxygen atoms in total. The SMILES string of the molecule is Oc1ccccc1N1CCN(C[C@H](O)COC[C@@H]2CCCO2)CC1. The topological polar surface area (TPSA) is 65.4 Å².